The zero-order valence-corrected chi connectivity index (χ0v) is 17.1. The van der Waals surface area contributed by atoms with Crippen molar-refractivity contribution < 1.29 is 0 Å². The number of hydrogen-bond donors (Lipinski definition) is 0. The van der Waals surface area contributed by atoms with Crippen LogP contribution in [-0.4, -0.2) is 42.1 Å². The number of hydrogen-bond acceptors (Lipinski definition) is 7. The largest absolute Gasteiger partial charge is 0.296 e. The zero-order valence-electron chi connectivity index (χ0n) is 14.7. The topological polar surface area (TPSA) is 59.7 Å². The summed E-state index contributed by atoms with van der Waals surface area (Å²) in [5.41, 5.74) is 1.02. The summed E-state index contributed by atoms with van der Waals surface area (Å²) in [7, 11) is 0. The summed E-state index contributed by atoms with van der Waals surface area (Å²) in [6, 6.07) is 7.83. The molecule has 1 saturated heterocycles. The maximum absolute atomic E-state index is 6.09. The van der Waals surface area contributed by atoms with E-state index in [0.717, 1.165) is 51.5 Å². The number of rotatable bonds is 6. The van der Waals surface area contributed by atoms with E-state index in [2.05, 4.69) is 29.0 Å². The molecule has 1 saturated carbocycles. The molecule has 5 rings (SSSR count). The quantitative estimate of drug-likeness (QED) is 0.591. The lowest BCUT2D eigenvalue weighted by atomic mass is 10.3. The first-order valence-corrected chi connectivity index (χ1v) is 11.2. The predicted octanol–water partition coefficient (Wildman–Crippen LogP) is 4.40. The molecule has 0 unspecified atom stereocenters. The lowest BCUT2D eigenvalue weighted by Gasteiger charge is -2.15. The minimum atomic E-state index is 0.565. The molecular formula is C18H19ClN6S2. The van der Waals surface area contributed by atoms with Gasteiger partial charge in [-0.1, -0.05) is 11.6 Å². The Morgan fingerprint density at radius 2 is 1.89 bits per heavy atom. The highest BCUT2D eigenvalue weighted by molar-refractivity contribution is 8.00. The van der Waals surface area contributed by atoms with Crippen molar-refractivity contribution in [3.05, 3.63) is 40.9 Å². The summed E-state index contributed by atoms with van der Waals surface area (Å²) in [6.07, 6.45) is 4.93. The molecule has 2 fully saturated rings. The fourth-order valence-electron chi connectivity index (χ4n) is 3.31. The smallest absolute Gasteiger partial charge is 0.203 e. The Hall–Kier alpha value is -1.48. The Labute approximate surface area is 171 Å². The van der Waals surface area contributed by atoms with Crippen LogP contribution in [0.1, 0.15) is 43.3 Å². The van der Waals surface area contributed by atoms with E-state index in [0.29, 0.717) is 5.92 Å². The van der Waals surface area contributed by atoms with Crippen molar-refractivity contribution in [1.82, 2.24) is 29.0 Å². The van der Waals surface area contributed by atoms with E-state index >= 15 is 0 Å². The Bertz CT molecular complexity index is 928. The lowest BCUT2D eigenvalue weighted by molar-refractivity contribution is 0.319. The molecule has 0 spiro atoms. The molecule has 0 atom stereocenters. The highest BCUT2D eigenvalue weighted by Gasteiger charge is 2.28. The molecule has 0 N–H and O–H groups in total. The normalized spacial score (nSPS) is 17.7. The average molecular weight is 419 g/mol. The summed E-state index contributed by atoms with van der Waals surface area (Å²) in [5.74, 6) is 2.50. The van der Waals surface area contributed by atoms with Gasteiger partial charge >= 0.3 is 0 Å². The fraction of sp³-hybridized carbons (Fsp3) is 0.444. The van der Waals surface area contributed by atoms with Gasteiger partial charge in [-0.15, -0.1) is 10.2 Å². The molecule has 0 amide bonds. The van der Waals surface area contributed by atoms with Gasteiger partial charge in [-0.05, 0) is 86.3 Å². The summed E-state index contributed by atoms with van der Waals surface area (Å²) in [5, 5.41) is 10.5. The highest BCUT2D eigenvalue weighted by atomic mass is 35.5. The van der Waals surface area contributed by atoms with E-state index in [4.69, 9.17) is 11.6 Å². The van der Waals surface area contributed by atoms with Gasteiger partial charge < -0.3 is 0 Å². The number of benzene rings is 1. The fourth-order valence-corrected chi connectivity index (χ4v) is 5.09. The third-order valence-electron chi connectivity index (χ3n) is 4.89. The van der Waals surface area contributed by atoms with E-state index in [1.54, 1.807) is 11.8 Å². The van der Waals surface area contributed by atoms with Crippen LogP contribution in [0, 0.1) is 0 Å². The van der Waals surface area contributed by atoms with Crippen LogP contribution in [0.3, 0.4) is 0 Å². The van der Waals surface area contributed by atoms with E-state index in [9.17, 15) is 0 Å². The second-order valence-corrected chi connectivity index (χ2v) is 9.39. The van der Waals surface area contributed by atoms with Gasteiger partial charge in [0.15, 0.2) is 10.2 Å². The highest BCUT2D eigenvalue weighted by Crippen LogP contribution is 2.40. The van der Waals surface area contributed by atoms with Gasteiger partial charge in [-0.25, -0.2) is 4.98 Å². The van der Waals surface area contributed by atoms with Crippen molar-refractivity contribution >= 4 is 34.9 Å². The number of likely N-dealkylation sites (tertiary alicyclic amines) is 1. The molecule has 3 heterocycles. The molecule has 140 valence electrons. The van der Waals surface area contributed by atoms with Crippen molar-refractivity contribution in [1.29, 1.82) is 0 Å². The zero-order chi connectivity index (χ0) is 18.2. The monoisotopic (exact) mass is 418 g/mol. The molecule has 27 heavy (non-hydrogen) atoms. The Kier molecular flexibility index (Phi) is 4.89. The maximum Gasteiger partial charge on any atom is 0.203 e. The Balaban J connectivity index is 1.47. The third-order valence-corrected chi connectivity index (χ3v) is 6.86. The van der Waals surface area contributed by atoms with Gasteiger partial charge in [-0.3, -0.25) is 9.47 Å². The SMILES string of the molecule is Clc1ccc(-n2c(CN3CCCC3)nnc2Sc2nc(C3CC3)ns2)cc1. The van der Waals surface area contributed by atoms with E-state index in [-0.39, 0.29) is 0 Å². The molecule has 1 aromatic carbocycles. The molecule has 1 aliphatic heterocycles. The Morgan fingerprint density at radius 3 is 2.63 bits per heavy atom. The van der Waals surface area contributed by atoms with Crippen molar-refractivity contribution in [3.63, 3.8) is 0 Å². The Morgan fingerprint density at radius 1 is 1.11 bits per heavy atom. The van der Waals surface area contributed by atoms with Gasteiger partial charge in [0.1, 0.15) is 5.82 Å². The molecule has 9 heteroatoms. The molecule has 0 bridgehead atoms. The molecule has 2 aliphatic rings. The summed E-state index contributed by atoms with van der Waals surface area (Å²) >= 11 is 9.08. The van der Waals surface area contributed by atoms with Crippen LogP contribution in [-0.2, 0) is 6.54 Å². The number of aromatic nitrogens is 5. The first-order valence-electron chi connectivity index (χ1n) is 9.20. The van der Waals surface area contributed by atoms with E-state index in [1.807, 2.05) is 24.3 Å². The second kappa shape index (κ2) is 7.50. The summed E-state index contributed by atoms with van der Waals surface area (Å²) in [6.45, 7) is 3.05. The van der Waals surface area contributed by atoms with E-state index < -0.39 is 0 Å². The van der Waals surface area contributed by atoms with Crippen LogP contribution in [0.2, 0.25) is 5.02 Å². The van der Waals surface area contributed by atoms with Crippen LogP contribution < -0.4 is 0 Å². The standard InChI is InChI=1S/C18H19ClN6S2/c19-13-5-7-14(8-6-13)25-15(11-24-9-1-2-10-24)21-22-17(25)26-18-20-16(23-27-18)12-3-4-12/h5-8,12H,1-4,9-11H2. The molecular weight excluding hydrogens is 400 g/mol. The molecule has 2 aromatic heterocycles. The third kappa shape index (κ3) is 3.89. The predicted molar refractivity (Wildman–Crippen MR) is 107 cm³/mol. The van der Waals surface area contributed by atoms with Gasteiger partial charge in [0.25, 0.3) is 0 Å². The molecule has 1 aliphatic carbocycles. The molecule has 0 radical (unpaired) electrons. The van der Waals surface area contributed by atoms with Crippen molar-refractivity contribution in [2.24, 2.45) is 0 Å². The lowest BCUT2D eigenvalue weighted by Crippen LogP contribution is -2.21. The van der Waals surface area contributed by atoms with Gasteiger partial charge in [-0.2, -0.15) is 4.37 Å². The minimum absolute atomic E-state index is 0.565. The van der Waals surface area contributed by atoms with Crippen LogP contribution >= 0.6 is 34.9 Å². The first-order chi connectivity index (χ1) is 13.3. The van der Waals surface area contributed by atoms with Crippen molar-refractivity contribution in [2.45, 2.75) is 47.6 Å². The average Bonchev–Trinajstić information content (AvgIpc) is 3.06. The number of halogens is 1. The minimum Gasteiger partial charge on any atom is -0.296 e. The van der Waals surface area contributed by atoms with Crippen LogP contribution in [0.25, 0.3) is 5.69 Å². The van der Waals surface area contributed by atoms with Gasteiger partial charge in [0.05, 0.1) is 6.54 Å². The van der Waals surface area contributed by atoms with Gasteiger partial charge in [0, 0.05) is 16.6 Å². The molecule has 3 aromatic rings. The van der Waals surface area contributed by atoms with E-state index in [1.165, 1.54) is 37.2 Å². The van der Waals surface area contributed by atoms with Crippen LogP contribution in [0.5, 0.6) is 0 Å². The second-order valence-electron chi connectivity index (χ2n) is 6.99. The van der Waals surface area contributed by atoms with Crippen molar-refractivity contribution in [3.8, 4) is 5.69 Å². The first kappa shape index (κ1) is 17.6. The van der Waals surface area contributed by atoms with Crippen LogP contribution in [0.15, 0.2) is 33.8 Å². The summed E-state index contributed by atoms with van der Waals surface area (Å²) in [4.78, 5) is 7.12. The maximum atomic E-state index is 6.09. The molecule has 6 nitrogen and oxygen atoms in total. The van der Waals surface area contributed by atoms with Crippen molar-refractivity contribution in [2.75, 3.05) is 13.1 Å². The van der Waals surface area contributed by atoms with Crippen LogP contribution in [0.4, 0.5) is 0 Å². The number of nitrogens with zero attached hydrogens (tertiary/aromatic N) is 6. The summed E-state index contributed by atoms with van der Waals surface area (Å²) < 4.78 is 7.55. The van der Waals surface area contributed by atoms with Gasteiger partial charge in [0.2, 0.25) is 5.16 Å².